The number of benzene rings is 2. The summed E-state index contributed by atoms with van der Waals surface area (Å²) in [4.78, 5) is 0.493. The van der Waals surface area contributed by atoms with E-state index in [-0.39, 0.29) is 34.3 Å². The number of thiophene rings is 1. The second-order valence-corrected chi connectivity index (χ2v) is 12.1. The molecule has 1 atom stereocenters. The Balaban J connectivity index is 1.72. The summed E-state index contributed by atoms with van der Waals surface area (Å²) < 4.78 is 53.3. The maximum Gasteiger partial charge on any atom is 0.243 e. The fourth-order valence-electron chi connectivity index (χ4n) is 3.26. The topological polar surface area (TPSA) is 104 Å². The summed E-state index contributed by atoms with van der Waals surface area (Å²) in [5.41, 5.74) is 0.383. The van der Waals surface area contributed by atoms with Crippen LogP contribution in [0.15, 0.2) is 86.1 Å². The molecule has 33 heavy (non-hydrogen) atoms. The van der Waals surface area contributed by atoms with E-state index in [0.717, 1.165) is 6.42 Å². The van der Waals surface area contributed by atoms with E-state index < -0.39 is 26.0 Å². The quantitative estimate of drug-likeness (QED) is 0.385. The molecule has 0 aliphatic rings. The number of sulfone groups is 1. The highest BCUT2D eigenvalue weighted by Crippen LogP contribution is 2.31. The first kappa shape index (κ1) is 25.4. The smallest absolute Gasteiger partial charge is 0.243 e. The van der Waals surface area contributed by atoms with Crippen LogP contribution in [-0.2, 0) is 19.9 Å². The zero-order chi connectivity index (χ0) is 23.9. The predicted molar refractivity (Wildman–Crippen MR) is 131 cm³/mol. The molecule has 0 radical (unpaired) electrons. The van der Waals surface area contributed by atoms with Gasteiger partial charge in [0, 0.05) is 30.4 Å². The second kappa shape index (κ2) is 11.3. The summed E-state index contributed by atoms with van der Waals surface area (Å²) in [5.74, 6) is 0. The van der Waals surface area contributed by atoms with Crippen molar-refractivity contribution in [1.82, 2.24) is 4.31 Å². The number of hydrogen-bond donors (Lipinski definition) is 2. The molecule has 3 aromatic rings. The molecule has 178 valence electrons. The molecule has 1 unspecified atom stereocenters. The van der Waals surface area contributed by atoms with E-state index in [2.05, 4.69) is 5.32 Å². The molecule has 0 aliphatic carbocycles. The van der Waals surface area contributed by atoms with Crippen LogP contribution in [0, 0.1) is 0 Å². The first-order chi connectivity index (χ1) is 15.8. The third-order valence-electron chi connectivity index (χ3n) is 5.05. The Labute approximate surface area is 199 Å². The summed E-state index contributed by atoms with van der Waals surface area (Å²) in [6.07, 6.45) is 0.438. The van der Waals surface area contributed by atoms with E-state index in [4.69, 9.17) is 0 Å². The van der Waals surface area contributed by atoms with Crippen molar-refractivity contribution in [2.24, 2.45) is 0 Å². The third-order valence-corrected chi connectivity index (χ3v) is 9.64. The average molecular weight is 509 g/mol. The van der Waals surface area contributed by atoms with Gasteiger partial charge in [-0.15, -0.1) is 11.3 Å². The number of aliphatic hydroxyl groups excluding tert-OH is 1. The minimum atomic E-state index is -3.76. The molecular weight excluding hydrogens is 480 g/mol. The third kappa shape index (κ3) is 6.21. The van der Waals surface area contributed by atoms with Crippen molar-refractivity contribution in [3.63, 3.8) is 0 Å². The monoisotopic (exact) mass is 508 g/mol. The molecule has 0 fully saturated rings. The van der Waals surface area contributed by atoms with Crippen LogP contribution in [0.4, 0.5) is 5.69 Å². The van der Waals surface area contributed by atoms with Crippen LogP contribution < -0.4 is 5.32 Å². The molecular formula is C23H28N2O5S3. The Bertz CT molecular complexity index is 1230. The summed E-state index contributed by atoms with van der Waals surface area (Å²) in [5, 5.41) is 16.8. The largest absolute Gasteiger partial charge is 0.390 e. The first-order valence-corrected chi connectivity index (χ1v) is 14.5. The van der Waals surface area contributed by atoms with Crippen molar-refractivity contribution in [3.05, 3.63) is 71.4 Å². The molecule has 10 heteroatoms. The molecule has 7 nitrogen and oxygen atoms in total. The lowest BCUT2D eigenvalue weighted by atomic mass is 10.3. The molecule has 0 bridgehead atoms. The molecule has 2 N–H and O–H groups in total. The Morgan fingerprint density at radius 1 is 0.939 bits per heavy atom. The summed E-state index contributed by atoms with van der Waals surface area (Å²) >= 11 is 1.24. The highest BCUT2D eigenvalue weighted by Gasteiger charge is 2.27. The summed E-state index contributed by atoms with van der Waals surface area (Å²) in [6, 6.07) is 16.3. The first-order valence-electron chi connectivity index (χ1n) is 10.6. The SMILES string of the molecule is CCCCN(CC(O)CNc1cscc1S(=O)(=O)c1ccccc1)S(=O)(=O)c1ccccc1. The van der Waals surface area contributed by atoms with Gasteiger partial charge in [-0.2, -0.15) is 4.31 Å². The highest BCUT2D eigenvalue weighted by molar-refractivity contribution is 7.91. The minimum absolute atomic E-state index is 0.000970. The molecule has 1 aromatic heterocycles. The van der Waals surface area contributed by atoms with E-state index in [1.807, 2.05) is 6.92 Å². The number of unbranched alkanes of at least 4 members (excludes halogenated alkanes) is 1. The van der Waals surface area contributed by atoms with Crippen molar-refractivity contribution in [1.29, 1.82) is 0 Å². The number of nitrogens with one attached hydrogen (secondary N) is 1. The molecule has 1 heterocycles. The normalized spacial score (nSPS) is 13.2. The molecule has 2 aromatic carbocycles. The van der Waals surface area contributed by atoms with Gasteiger partial charge in [-0.1, -0.05) is 49.7 Å². The zero-order valence-electron chi connectivity index (χ0n) is 18.3. The molecule has 0 aliphatic heterocycles. The predicted octanol–water partition coefficient (Wildman–Crippen LogP) is 3.84. The Hall–Kier alpha value is -2.24. The van der Waals surface area contributed by atoms with Gasteiger partial charge in [-0.3, -0.25) is 0 Å². The Kier molecular flexibility index (Phi) is 8.66. The minimum Gasteiger partial charge on any atom is -0.390 e. The van der Waals surface area contributed by atoms with Crippen molar-refractivity contribution < 1.29 is 21.9 Å². The van der Waals surface area contributed by atoms with Gasteiger partial charge in [0.05, 0.1) is 21.6 Å². The molecule has 0 spiro atoms. The van der Waals surface area contributed by atoms with Crippen molar-refractivity contribution in [2.45, 2.75) is 40.6 Å². The lowest BCUT2D eigenvalue weighted by molar-refractivity contribution is 0.156. The van der Waals surface area contributed by atoms with E-state index in [9.17, 15) is 21.9 Å². The van der Waals surface area contributed by atoms with Gasteiger partial charge in [-0.05, 0) is 30.7 Å². The van der Waals surface area contributed by atoms with Gasteiger partial charge in [0.2, 0.25) is 19.9 Å². The van der Waals surface area contributed by atoms with Gasteiger partial charge in [0.25, 0.3) is 0 Å². The maximum atomic E-state index is 13.1. The molecule has 0 amide bonds. The van der Waals surface area contributed by atoms with Gasteiger partial charge in [-0.25, -0.2) is 16.8 Å². The number of sulfonamides is 1. The van der Waals surface area contributed by atoms with Gasteiger partial charge in [0.15, 0.2) is 0 Å². The average Bonchev–Trinajstić information content (AvgIpc) is 3.31. The van der Waals surface area contributed by atoms with E-state index >= 15 is 0 Å². The van der Waals surface area contributed by atoms with E-state index in [1.165, 1.54) is 39.9 Å². The number of hydrogen-bond acceptors (Lipinski definition) is 7. The molecule has 0 saturated heterocycles. The Morgan fingerprint density at radius 2 is 1.55 bits per heavy atom. The lowest BCUT2D eigenvalue weighted by Crippen LogP contribution is -2.40. The van der Waals surface area contributed by atoms with E-state index in [1.54, 1.807) is 47.2 Å². The van der Waals surface area contributed by atoms with Gasteiger partial charge in [0.1, 0.15) is 4.90 Å². The molecule has 3 rings (SSSR count). The maximum absolute atomic E-state index is 13.1. The summed E-state index contributed by atoms with van der Waals surface area (Å²) in [7, 11) is -7.46. The summed E-state index contributed by atoms with van der Waals surface area (Å²) in [6.45, 7) is 2.16. The number of rotatable bonds is 12. The van der Waals surface area contributed by atoms with Gasteiger partial charge >= 0.3 is 0 Å². The van der Waals surface area contributed by atoms with Crippen LogP contribution >= 0.6 is 11.3 Å². The number of aliphatic hydroxyl groups is 1. The van der Waals surface area contributed by atoms with Crippen molar-refractivity contribution in [3.8, 4) is 0 Å². The van der Waals surface area contributed by atoms with Crippen LogP contribution in [0.1, 0.15) is 19.8 Å². The number of anilines is 1. The van der Waals surface area contributed by atoms with Crippen molar-refractivity contribution in [2.75, 3.05) is 25.0 Å². The zero-order valence-corrected chi connectivity index (χ0v) is 20.7. The van der Waals surface area contributed by atoms with Crippen LogP contribution in [0.25, 0.3) is 0 Å². The number of nitrogens with zero attached hydrogens (tertiary/aromatic N) is 1. The fraction of sp³-hybridized carbons (Fsp3) is 0.304. The van der Waals surface area contributed by atoms with Gasteiger partial charge < -0.3 is 10.4 Å². The second-order valence-electron chi connectivity index (χ2n) is 7.53. The van der Waals surface area contributed by atoms with Crippen LogP contribution in [-0.4, -0.2) is 52.0 Å². The van der Waals surface area contributed by atoms with Crippen LogP contribution in [0.5, 0.6) is 0 Å². The van der Waals surface area contributed by atoms with Crippen LogP contribution in [0.3, 0.4) is 0 Å². The standard InChI is InChI=1S/C23H28N2O5S3/c1-2-3-14-25(33(29,30)21-12-8-5-9-13-21)16-19(26)15-24-22-17-31-18-23(22)32(27,28)20-10-6-4-7-11-20/h4-13,17-19,24,26H,2-3,14-16H2,1H3. The van der Waals surface area contributed by atoms with Crippen LogP contribution in [0.2, 0.25) is 0 Å². The van der Waals surface area contributed by atoms with E-state index in [0.29, 0.717) is 12.1 Å². The molecule has 0 saturated carbocycles. The van der Waals surface area contributed by atoms with Crippen molar-refractivity contribution >= 4 is 36.9 Å². The highest BCUT2D eigenvalue weighted by atomic mass is 32.2. The lowest BCUT2D eigenvalue weighted by Gasteiger charge is -2.25. The fourth-order valence-corrected chi connectivity index (χ4v) is 7.40. The Morgan fingerprint density at radius 3 is 2.15 bits per heavy atom.